The molecule has 0 bridgehead atoms. The van der Waals surface area contributed by atoms with Crippen LogP contribution in [0, 0.1) is 23.1 Å². The van der Waals surface area contributed by atoms with Gasteiger partial charge in [0.1, 0.15) is 22.5 Å². The predicted octanol–water partition coefficient (Wildman–Crippen LogP) is 3.47. The van der Waals surface area contributed by atoms with Gasteiger partial charge in [-0.3, -0.25) is 14.8 Å². The van der Waals surface area contributed by atoms with Crippen molar-refractivity contribution in [3.63, 3.8) is 0 Å². The number of hydrogen-bond acceptors (Lipinski definition) is 8. The summed E-state index contributed by atoms with van der Waals surface area (Å²) in [6, 6.07) is 8.88. The lowest BCUT2D eigenvalue weighted by Crippen LogP contribution is -2.55. The zero-order valence-electron chi connectivity index (χ0n) is 21.0. The van der Waals surface area contributed by atoms with Crippen LogP contribution in [0.25, 0.3) is 11.9 Å². The Morgan fingerprint density at radius 1 is 1.42 bits per heavy atom. The molecule has 2 N–H and O–H groups in total. The van der Waals surface area contributed by atoms with Gasteiger partial charge in [-0.1, -0.05) is 17.8 Å². The lowest BCUT2D eigenvalue weighted by molar-refractivity contribution is -0.142. The van der Waals surface area contributed by atoms with Crippen LogP contribution in [0.1, 0.15) is 35.7 Å². The van der Waals surface area contributed by atoms with Crippen molar-refractivity contribution in [1.29, 1.82) is 5.26 Å². The molecule has 3 heterocycles. The number of nitrogens with zero attached hydrogens (tertiary/aromatic N) is 4. The zero-order chi connectivity index (χ0) is 27.1. The number of nitriles is 1. The van der Waals surface area contributed by atoms with Gasteiger partial charge in [0.15, 0.2) is 5.17 Å². The molecule has 1 aromatic heterocycles. The number of fused-ring (bicyclic) bond motifs is 1. The molecule has 1 aliphatic carbocycles. The maximum atomic E-state index is 15.3. The molecule has 38 heavy (non-hydrogen) atoms. The average Bonchev–Trinajstić information content (AvgIpc) is 3.66. The molecule has 2 aromatic rings. The zero-order valence-corrected chi connectivity index (χ0v) is 21.8. The van der Waals surface area contributed by atoms with Crippen LogP contribution < -0.4 is 5.73 Å². The van der Waals surface area contributed by atoms with Crippen molar-refractivity contribution < 1.29 is 23.0 Å². The second kappa shape index (κ2) is 10.1. The first-order valence-electron chi connectivity index (χ1n) is 12.2. The molecule has 198 valence electrons. The molecule has 5 rings (SSSR count). The average molecular weight is 540 g/mol. The van der Waals surface area contributed by atoms with Gasteiger partial charge in [-0.15, -0.1) is 0 Å². The molecule has 2 aliphatic heterocycles. The number of pyridine rings is 1. The Morgan fingerprint density at radius 3 is 2.95 bits per heavy atom. The molecule has 1 saturated carbocycles. The maximum Gasteiger partial charge on any atom is 0.240 e. The number of methoxy groups -OCH3 is 1. The molecular formula is C27H27F2N5O3S. The van der Waals surface area contributed by atoms with E-state index >= 15 is 4.39 Å². The van der Waals surface area contributed by atoms with Crippen LogP contribution in [0.4, 0.5) is 8.78 Å². The van der Waals surface area contributed by atoms with Gasteiger partial charge in [-0.05, 0) is 49.2 Å². The van der Waals surface area contributed by atoms with E-state index in [0.29, 0.717) is 43.9 Å². The minimum Gasteiger partial charge on any atom is -0.382 e. The lowest BCUT2D eigenvalue weighted by Gasteiger charge is -2.40. The van der Waals surface area contributed by atoms with E-state index in [1.807, 2.05) is 6.07 Å². The van der Waals surface area contributed by atoms with E-state index in [4.69, 9.17) is 20.5 Å². The van der Waals surface area contributed by atoms with Crippen LogP contribution in [0.3, 0.4) is 0 Å². The van der Waals surface area contributed by atoms with Crippen LogP contribution in [-0.4, -0.2) is 65.2 Å². The highest BCUT2D eigenvalue weighted by atomic mass is 32.2. The van der Waals surface area contributed by atoms with Gasteiger partial charge in [-0.2, -0.15) is 5.26 Å². The van der Waals surface area contributed by atoms with Gasteiger partial charge in [0.2, 0.25) is 5.91 Å². The number of amidine groups is 1. The van der Waals surface area contributed by atoms with Crippen LogP contribution in [0.15, 0.2) is 41.5 Å². The summed E-state index contributed by atoms with van der Waals surface area (Å²) in [7, 11) is 1.58. The number of hydrogen-bond donors (Lipinski definition) is 1. The Balaban J connectivity index is 1.46. The van der Waals surface area contributed by atoms with Gasteiger partial charge in [0.25, 0.3) is 0 Å². The molecular weight excluding hydrogens is 512 g/mol. The number of morpholine rings is 1. The maximum absolute atomic E-state index is 15.3. The highest BCUT2D eigenvalue weighted by molar-refractivity contribution is 8.15. The van der Waals surface area contributed by atoms with Crippen molar-refractivity contribution in [3.8, 4) is 6.07 Å². The summed E-state index contributed by atoms with van der Waals surface area (Å²) in [6.45, 7) is 3.37. The molecule has 2 fully saturated rings. The van der Waals surface area contributed by atoms with Crippen LogP contribution in [-0.2, 0) is 19.8 Å². The van der Waals surface area contributed by atoms with Crippen LogP contribution in [0.5, 0.6) is 0 Å². The summed E-state index contributed by atoms with van der Waals surface area (Å²) >= 11 is 1.23. The number of carbonyl (C=O) groups is 1. The van der Waals surface area contributed by atoms with E-state index in [1.165, 1.54) is 48.3 Å². The predicted molar refractivity (Wildman–Crippen MR) is 140 cm³/mol. The number of benzene rings is 1. The molecule has 0 radical (unpaired) electrons. The topological polar surface area (TPSA) is 114 Å². The van der Waals surface area contributed by atoms with Crippen LogP contribution in [0.2, 0.25) is 0 Å². The van der Waals surface area contributed by atoms with Crippen LogP contribution >= 0.6 is 11.8 Å². The third-order valence-electron chi connectivity index (χ3n) is 7.39. The highest BCUT2D eigenvalue weighted by Crippen LogP contribution is 2.66. The number of amides is 1. The van der Waals surface area contributed by atoms with Gasteiger partial charge in [0, 0.05) is 31.3 Å². The number of rotatable bonds is 6. The monoisotopic (exact) mass is 539 g/mol. The molecule has 1 saturated heterocycles. The van der Waals surface area contributed by atoms with Gasteiger partial charge >= 0.3 is 0 Å². The second-order valence-corrected chi connectivity index (χ2v) is 11.2. The summed E-state index contributed by atoms with van der Waals surface area (Å²) in [5.74, 6) is -1.52. The van der Waals surface area contributed by atoms with Crippen molar-refractivity contribution >= 4 is 34.7 Å². The SMILES string of the molecule is COCC1COCCN1C(=O)[C@]12C[C@H]1[C@@](C)(c1cc(/C=C(\F)c3ccc(C#N)cn3)ccc1F)N=C(N)S2. The fraction of sp³-hybridized carbons (Fsp3) is 0.407. The summed E-state index contributed by atoms with van der Waals surface area (Å²) in [4.78, 5) is 24.3. The van der Waals surface area contributed by atoms with Crippen molar-refractivity contribution in [1.82, 2.24) is 9.88 Å². The number of carbonyl (C=O) groups excluding carboxylic acids is 1. The first-order chi connectivity index (χ1) is 18.2. The second-order valence-electron chi connectivity index (χ2n) is 9.80. The van der Waals surface area contributed by atoms with E-state index in [2.05, 4.69) is 9.98 Å². The van der Waals surface area contributed by atoms with E-state index in [0.717, 1.165) is 0 Å². The molecule has 1 aromatic carbocycles. The number of halogens is 2. The molecule has 1 amide bonds. The van der Waals surface area contributed by atoms with E-state index in [9.17, 15) is 9.18 Å². The molecule has 3 aliphatic rings. The molecule has 1 unspecified atom stereocenters. The highest BCUT2D eigenvalue weighted by Gasteiger charge is 2.71. The van der Waals surface area contributed by atoms with Crippen molar-refractivity contribution in [2.45, 2.75) is 29.7 Å². The first-order valence-corrected chi connectivity index (χ1v) is 13.0. The van der Waals surface area contributed by atoms with Crippen molar-refractivity contribution in [2.24, 2.45) is 16.6 Å². The van der Waals surface area contributed by atoms with Gasteiger partial charge in [0.05, 0.1) is 42.7 Å². The Labute approximate surface area is 223 Å². The minimum atomic E-state index is -1.12. The van der Waals surface area contributed by atoms with Crippen molar-refractivity contribution in [3.05, 3.63) is 64.7 Å². The summed E-state index contributed by atoms with van der Waals surface area (Å²) in [5.41, 5.74) is 6.15. The van der Waals surface area contributed by atoms with E-state index in [-0.39, 0.29) is 34.3 Å². The number of nitrogens with two attached hydrogens (primary N) is 1. The third-order valence-corrected chi connectivity index (χ3v) is 8.68. The molecule has 11 heteroatoms. The molecule has 8 nitrogen and oxygen atoms in total. The summed E-state index contributed by atoms with van der Waals surface area (Å²) < 4.78 is 40.2. The van der Waals surface area contributed by atoms with E-state index < -0.39 is 21.9 Å². The Hall–Kier alpha value is -3.33. The van der Waals surface area contributed by atoms with Crippen molar-refractivity contribution in [2.75, 3.05) is 33.5 Å². The largest absolute Gasteiger partial charge is 0.382 e. The molecule has 0 spiro atoms. The Kier molecular flexibility index (Phi) is 6.98. The smallest absolute Gasteiger partial charge is 0.240 e. The quantitative estimate of drug-likeness (QED) is 0.598. The normalized spacial score (nSPS) is 28.8. The number of ether oxygens (including phenoxy) is 2. The summed E-state index contributed by atoms with van der Waals surface area (Å²) in [6.07, 6.45) is 3.02. The molecule has 4 atom stereocenters. The van der Waals surface area contributed by atoms with E-state index in [1.54, 1.807) is 25.0 Å². The Morgan fingerprint density at radius 2 is 2.24 bits per heavy atom. The summed E-state index contributed by atoms with van der Waals surface area (Å²) in [5, 5.41) is 9.13. The lowest BCUT2D eigenvalue weighted by atomic mass is 9.84. The van der Waals surface area contributed by atoms with Gasteiger partial charge < -0.3 is 20.1 Å². The standard InChI is InChI=1S/C27H27F2N5O3S/c1-26(19-9-16(3-5-20(19)28)10-21(29)22-6-4-17(12-30)13-32-22)23-11-27(23,38-25(31)33-26)24(35)34-7-8-37-15-18(34)14-36-2/h3-6,9-10,13,18,23H,7-8,11,14-15H2,1-2H3,(H2,31,33)/b21-10-/t18?,23-,26+,27-/m0/s1. The number of aliphatic imine (C=N–C) groups is 1. The Bertz CT molecular complexity index is 1360. The minimum absolute atomic E-state index is 0.0559. The number of aromatic nitrogens is 1. The third kappa shape index (κ3) is 4.57. The fourth-order valence-corrected chi connectivity index (χ4v) is 6.83. The fourth-order valence-electron chi connectivity index (χ4n) is 5.39. The first kappa shape index (κ1) is 26.3. The number of thioether (sulfide) groups is 1. The van der Waals surface area contributed by atoms with Gasteiger partial charge in [-0.25, -0.2) is 8.78 Å².